The van der Waals surface area contributed by atoms with E-state index in [0.717, 1.165) is 31.4 Å². The van der Waals surface area contributed by atoms with E-state index in [-0.39, 0.29) is 24.3 Å². The minimum atomic E-state index is -3.17. The van der Waals surface area contributed by atoms with Crippen LogP contribution in [-0.2, 0) is 14.2 Å². The number of anilines is 1. The van der Waals surface area contributed by atoms with Crippen LogP contribution in [0.15, 0.2) is 30.3 Å². The number of carbonyl (C=O) groups is 2. The normalized spacial score (nSPS) is 31.2. The first-order valence-corrected chi connectivity index (χ1v) is 11.2. The summed E-state index contributed by atoms with van der Waals surface area (Å²) < 4.78 is 17.8. The van der Waals surface area contributed by atoms with Crippen molar-refractivity contribution in [2.24, 2.45) is 0 Å². The number of nitrogens with zero attached hydrogens (tertiary/aromatic N) is 3. The van der Waals surface area contributed by atoms with Crippen LogP contribution in [0.4, 0.5) is 5.69 Å². The number of rotatable bonds is 3. The van der Waals surface area contributed by atoms with Crippen molar-refractivity contribution in [3.05, 3.63) is 30.3 Å². The Morgan fingerprint density at radius 2 is 1.69 bits per heavy atom. The molecule has 1 saturated carbocycles. The van der Waals surface area contributed by atoms with Gasteiger partial charge >= 0.3 is 0 Å². The van der Waals surface area contributed by atoms with Gasteiger partial charge in [0.15, 0.2) is 0 Å². The molecule has 0 radical (unpaired) electrons. The number of hydrogen-bond acceptors (Lipinski definition) is 3. The highest BCUT2D eigenvalue weighted by Gasteiger charge is 2.57. The number of likely N-dealkylation sites (N-methyl/N-ethyl adjacent to an activating group) is 1. The van der Waals surface area contributed by atoms with Gasteiger partial charge < -0.3 is 4.67 Å². The van der Waals surface area contributed by atoms with Crippen LogP contribution in [0.2, 0.25) is 0 Å². The molecule has 1 aliphatic carbocycles. The molecule has 140 valence electrons. The largest absolute Gasteiger partial charge is 0.309 e. The molecule has 3 fully saturated rings. The fourth-order valence-electron chi connectivity index (χ4n) is 4.63. The van der Waals surface area contributed by atoms with Crippen LogP contribution in [0.5, 0.6) is 0 Å². The monoisotopic (exact) mass is 375 g/mol. The van der Waals surface area contributed by atoms with Crippen LogP contribution in [0, 0.1) is 0 Å². The third-order valence-electron chi connectivity index (χ3n) is 6.03. The molecular formula is C19H26N3O3P. The predicted molar refractivity (Wildman–Crippen MR) is 101 cm³/mol. The van der Waals surface area contributed by atoms with Crippen molar-refractivity contribution in [1.82, 2.24) is 9.57 Å². The Morgan fingerprint density at radius 1 is 1.00 bits per heavy atom. The number of benzene rings is 1. The zero-order valence-corrected chi connectivity index (χ0v) is 16.1. The van der Waals surface area contributed by atoms with E-state index >= 15 is 0 Å². The molecule has 2 aliphatic heterocycles. The number of para-hydroxylation sites is 1. The lowest BCUT2D eigenvalue weighted by molar-refractivity contribution is -0.141. The van der Waals surface area contributed by atoms with Crippen molar-refractivity contribution in [3.63, 3.8) is 0 Å². The highest BCUT2D eigenvalue weighted by molar-refractivity contribution is 7.65. The van der Waals surface area contributed by atoms with Crippen molar-refractivity contribution in [3.8, 4) is 0 Å². The number of likely N-dealkylation sites (tertiary alicyclic amines) is 1. The predicted octanol–water partition coefficient (Wildman–Crippen LogP) is 3.09. The van der Waals surface area contributed by atoms with Crippen LogP contribution in [0.25, 0.3) is 0 Å². The Balaban J connectivity index is 1.65. The summed E-state index contributed by atoms with van der Waals surface area (Å²) in [5, 5.41) is 0. The molecule has 7 heteroatoms. The van der Waals surface area contributed by atoms with E-state index in [1.165, 1.54) is 11.3 Å². The summed E-state index contributed by atoms with van der Waals surface area (Å²) in [6, 6.07) is 9.58. The van der Waals surface area contributed by atoms with Gasteiger partial charge in [0.1, 0.15) is 5.66 Å². The third kappa shape index (κ3) is 2.71. The Bertz CT molecular complexity index is 748. The van der Waals surface area contributed by atoms with Crippen molar-refractivity contribution in [2.75, 3.05) is 24.8 Å². The number of hydrogen-bond donors (Lipinski definition) is 0. The van der Waals surface area contributed by atoms with Gasteiger partial charge in [-0.25, -0.2) is 4.67 Å². The van der Waals surface area contributed by atoms with E-state index in [0.29, 0.717) is 13.1 Å². The van der Waals surface area contributed by atoms with Gasteiger partial charge in [0.2, 0.25) is 11.8 Å². The molecule has 4 rings (SSSR count). The minimum absolute atomic E-state index is 0.00145. The third-order valence-corrected chi connectivity index (χ3v) is 9.55. The number of carbonyl (C=O) groups excluding carboxylic acids is 2. The molecule has 2 unspecified atom stereocenters. The molecule has 3 aliphatic rings. The highest BCUT2D eigenvalue weighted by Crippen LogP contribution is 2.63. The minimum Gasteiger partial charge on any atom is -0.309 e. The van der Waals surface area contributed by atoms with Gasteiger partial charge in [-0.15, -0.1) is 0 Å². The topological polar surface area (TPSA) is 60.9 Å². The quantitative estimate of drug-likeness (QED) is 0.600. The Labute approximate surface area is 154 Å². The molecule has 2 amide bonds. The second-order valence-corrected chi connectivity index (χ2v) is 10.5. The summed E-state index contributed by atoms with van der Waals surface area (Å²) >= 11 is 0. The standard InChI is InChI=1S/C19H26N3O3P/c1-20-12-13-21(15-8-4-2-5-9-15)26(20,25)17-14-18(23)22(19(17)24)16-10-6-3-7-11-16/h2,4-5,8-9,16-17H,3,6-7,10-14H2,1H3. The van der Waals surface area contributed by atoms with Gasteiger partial charge in [0, 0.05) is 31.2 Å². The van der Waals surface area contributed by atoms with Crippen LogP contribution in [0.1, 0.15) is 38.5 Å². The van der Waals surface area contributed by atoms with E-state index < -0.39 is 13.1 Å². The highest BCUT2D eigenvalue weighted by atomic mass is 31.2. The zero-order chi connectivity index (χ0) is 18.3. The van der Waals surface area contributed by atoms with E-state index in [9.17, 15) is 14.2 Å². The maximum absolute atomic E-state index is 14.1. The van der Waals surface area contributed by atoms with Gasteiger partial charge in [-0.3, -0.25) is 19.1 Å². The van der Waals surface area contributed by atoms with Crippen LogP contribution in [-0.4, -0.2) is 53.2 Å². The van der Waals surface area contributed by atoms with Gasteiger partial charge in [0.05, 0.1) is 0 Å². The van der Waals surface area contributed by atoms with Crippen molar-refractivity contribution in [2.45, 2.75) is 50.2 Å². The molecule has 2 saturated heterocycles. The Kier molecular flexibility index (Phi) is 4.66. The smallest absolute Gasteiger partial charge is 0.252 e. The average molecular weight is 375 g/mol. The average Bonchev–Trinajstić information content (AvgIpc) is 3.13. The lowest BCUT2D eigenvalue weighted by atomic mass is 9.94. The molecule has 2 atom stereocenters. The molecule has 1 aromatic rings. The first-order chi connectivity index (χ1) is 12.5. The lowest BCUT2D eigenvalue weighted by Gasteiger charge is -2.34. The zero-order valence-electron chi connectivity index (χ0n) is 15.2. The van der Waals surface area contributed by atoms with Crippen molar-refractivity contribution >= 4 is 24.9 Å². The Hall–Kier alpha value is -1.65. The van der Waals surface area contributed by atoms with Crippen LogP contribution >= 0.6 is 7.44 Å². The van der Waals surface area contributed by atoms with Crippen molar-refractivity contribution < 1.29 is 14.2 Å². The first-order valence-electron chi connectivity index (χ1n) is 9.54. The second kappa shape index (κ2) is 6.82. The summed E-state index contributed by atoms with van der Waals surface area (Å²) in [4.78, 5) is 27.4. The fourth-order valence-corrected chi connectivity index (χ4v) is 7.83. The van der Waals surface area contributed by atoms with Gasteiger partial charge in [-0.05, 0) is 32.0 Å². The molecule has 2 heterocycles. The van der Waals surface area contributed by atoms with E-state index in [2.05, 4.69) is 0 Å². The number of amides is 2. The van der Waals surface area contributed by atoms with Gasteiger partial charge in [0.25, 0.3) is 7.44 Å². The maximum atomic E-state index is 14.1. The SMILES string of the molecule is CN1CCN(c2ccccc2)P1(=O)C1CC(=O)N(C2CCCCC2)C1=O. The van der Waals surface area contributed by atoms with Crippen molar-refractivity contribution in [1.29, 1.82) is 0 Å². The summed E-state index contributed by atoms with van der Waals surface area (Å²) in [6.07, 6.45) is 5.11. The summed E-state index contributed by atoms with van der Waals surface area (Å²) in [5.41, 5.74) is 0.112. The van der Waals surface area contributed by atoms with Gasteiger partial charge in [-0.2, -0.15) is 0 Å². The first kappa shape index (κ1) is 17.7. The van der Waals surface area contributed by atoms with E-state index in [1.807, 2.05) is 42.0 Å². The van der Waals surface area contributed by atoms with Crippen LogP contribution in [0.3, 0.4) is 0 Å². The maximum Gasteiger partial charge on any atom is 0.252 e. The van der Waals surface area contributed by atoms with E-state index in [1.54, 1.807) is 4.67 Å². The molecule has 0 spiro atoms. The molecular weight excluding hydrogens is 349 g/mol. The Morgan fingerprint density at radius 3 is 2.38 bits per heavy atom. The molecule has 26 heavy (non-hydrogen) atoms. The summed E-state index contributed by atoms with van der Waals surface area (Å²) in [5.74, 6) is -0.365. The van der Waals surface area contributed by atoms with Gasteiger partial charge in [-0.1, -0.05) is 37.5 Å². The fraction of sp³-hybridized carbons (Fsp3) is 0.579. The lowest BCUT2D eigenvalue weighted by Crippen LogP contribution is -2.43. The van der Waals surface area contributed by atoms with Crippen LogP contribution < -0.4 is 4.67 Å². The molecule has 0 bridgehead atoms. The number of imide groups is 1. The summed E-state index contributed by atoms with van der Waals surface area (Å²) in [7, 11) is -1.36. The second-order valence-electron chi connectivity index (χ2n) is 7.54. The van der Waals surface area contributed by atoms with E-state index in [4.69, 9.17) is 0 Å². The molecule has 1 aromatic carbocycles. The molecule has 0 aromatic heterocycles. The molecule has 6 nitrogen and oxygen atoms in total. The summed E-state index contributed by atoms with van der Waals surface area (Å²) in [6.45, 7) is 1.24. The molecule has 0 N–H and O–H groups in total.